The Morgan fingerprint density at radius 1 is 0.981 bits per heavy atom. The van der Waals surface area contributed by atoms with Crippen LogP contribution >= 0.6 is 0 Å². The number of rotatable bonds is 7. The first-order valence-electron chi connectivity index (χ1n) is 20.2. The first kappa shape index (κ1) is 35.5. The molecule has 0 radical (unpaired) electrons. The molecule has 1 saturated heterocycles. The maximum absolute atomic E-state index is 15.3. The molecule has 10 heteroatoms. The molecule has 0 aromatic heterocycles. The van der Waals surface area contributed by atoms with E-state index in [2.05, 4.69) is 11.6 Å². The fraction of sp³-hybridized carbons (Fsp3) is 0.674. The molecule has 2 aliphatic heterocycles. The predicted molar refractivity (Wildman–Crippen MR) is 198 cm³/mol. The van der Waals surface area contributed by atoms with E-state index in [1.165, 1.54) is 6.07 Å². The minimum Gasteiger partial charge on any atom is -0.504 e. The molecular weight excluding hydrogens is 672 g/mol. The number of Topliss-reactive ketones (excluding diaryl/α,β-unsaturated/α-hetero) is 1. The van der Waals surface area contributed by atoms with Gasteiger partial charge in [0.05, 0.1) is 32.0 Å². The van der Waals surface area contributed by atoms with E-state index >= 15 is 4.79 Å². The lowest BCUT2D eigenvalue weighted by molar-refractivity contribution is -0.950. The van der Waals surface area contributed by atoms with Crippen LogP contribution in [0, 0.1) is 23.7 Å². The van der Waals surface area contributed by atoms with Crippen molar-refractivity contribution < 1.29 is 49.2 Å². The minimum atomic E-state index is -1.79. The van der Waals surface area contributed by atoms with Crippen LogP contribution in [-0.4, -0.2) is 114 Å². The first-order valence-corrected chi connectivity index (χ1v) is 20.2. The summed E-state index contributed by atoms with van der Waals surface area (Å²) in [5.74, 6) is -2.02. The normalized spacial score (nSPS) is 41.8. The number of benzene rings is 2. The lowest BCUT2D eigenvalue weighted by Crippen LogP contribution is -2.82. The standard InChI is InChI=1S/C43H56N2O8/c1-6-27-11-14-31(47)38-33(27)35-39(53-38)42(51,16-15-41(35,50)24(3)44(4)21-25-7-8-25)29-20-43(52)32-19-28-12-13-30(46)37(49)34(28)40(43,23(2)36(29)48)17-18-45(32,5)22-26-9-10-26/h11-14,23,25-26,29,32,35,39,50-52H,6-10,15-22H2,1-5H3,(H-2,46,47,49)/p+2/t23-,29?,32+,35?,39+,40+,41+,42?,43+,45?/m0/s1. The van der Waals surface area contributed by atoms with E-state index in [0.29, 0.717) is 46.7 Å². The second-order valence-electron chi connectivity index (χ2n) is 18.7. The van der Waals surface area contributed by atoms with Gasteiger partial charge in [-0.25, -0.2) is 4.58 Å². The zero-order chi connectivity index (χ0) is 37.6. The second-order valence-corrected chi connectivity index (χ2v) is 18.7. The van der Waals surface area contributed by atoms with Gasteiger partial charge in [-0.2, -0.15) is 0 Å². The molecule has 10 atom stereocenters. The summed E-state index contributed by atoms with van der Waals surface area (Å²) in [6, 6.07) is 6.50. The largest absolute Gasteiger partial charge is 0.504 e. The Morgan fingerprint density at radius 3 is 2.36 bits per heavy atom. The van der Waals surface area contributed by atoms with Gasteiger partial charge in [-0.1, -0.05) is 26.0 Å². The molecule has 2 bridgehead atoms. The summed E-state index contributed by atoms with van der Waals surface area (Å²) in [6.45, 7) is 8.27. The average Bonchev–Trinajstić information content (AvgIpc) is 4.07. The van der Waals surface area contributed by atoms with Crippen LogP contribution in [0.3, 0.4) is 0 Å². The molecule has 4 saturated carbocycles. The van der Waals surface area contributed by atoms with Gasteiger partial charge in [0.25, 0.3) is 0 Å². The molecule has 2 aromatic rings. The highest BCUT2D eigenvalue weighted by atomic mass is 16.5. The molecule has 9 rings (SSSR count). The van der Waals surface area contributed by atoms with Crippen molar-refractivity contribution in [1.82, 2.24) is 0 Å². The van der Waals surface area contributed by atoms with Crippen LogP contribution in [0.15, 0.2) is 24.3 Å². The lowest BCUT2D eigenvalue weighted by Gasteiger charge is -2.68. The lowest BCUT2D eigenvalue weighted by atomic mass is 9.42. The summed E-state index contributed by atoms with van der Waals surface area (Å²) in [4.78, 5) is 15.3. The van der Waals surface area contributed by atoms with Gasteiger partial charge >= 0.3 is 0 Å². The smallest absolute Gasteiger partial charge is 0.181 e. The van der Waals surface area contributed by atoms with Crippen molar-refractivity contribution in [2.75, 3.05) is 33.7 Å². The Kier molecular flexibility index (Phi) is 7.66. The van der Waals surface area contributed by atoms with Gasteiger partial charge in [0.2, 0.25) is 0 Å². The van der Waals surface area contributed by atoms with Gasteiger partial charge in [0.15, 0.2) is 34.3 Å². The number of quaternary nitrogens is 1. The maximum Gasteiger partial charge on any atom is 0.181 e. The number of phenols is 3. The van der Waals surface area contributed by atoms with Crippen molar-refractivity contribution >= 4 is 11.5 Å². The average molecular weight is 731 g/mol. The Balaban J connectivity index is 1.19. The third-order valence-electron chi connectivity index (χ3n) is 16.0. The number of hydrogen-bond donors (Lipinski definition) is 6. The van der Waals surface area contributed by atoms with E-state index in [9.17, 15) is 30.6 Å². The molecule has 2 aromatic carbocycles. The van der Waals surface area contributed by atoms with E-state index in [4.69, 9.17) is 4.74 Å². The minimum absolute atomic E-state index is 0.0391. The Morgan fingerprint density at radius 2 is 1.68 bits per heavy atom. The zero-order valence-corrected chi connectivity index (χ0v) is 31.9. The second kappa shape index (κ2) is 11.4. The van der Waals surface area contributed by atoms with Crippen LogP contribution in [0.5, 0.6) is 23.0 Å². The van der Waals surface area contributed by atoms with Gasteiger partial charge in [-0.3, -0.25) is 4.79 Å². The number of likely N-dealkylation sites (N-methyl/N-ethyl adjacent to an activating group) is 1. The molecule has 53 heavy (non-hydrogen) atoms. The monoisotopic (exact) mass is 730 g/mol. The summed E-state index contributed by atoms with van der Waals surface area (Å²) in [5.41, 5.74) is -2.19. The summed E-state index contributed by atoms with van der Waals surface area (Å²) in [7, 11) is 4.23. The number of ketones is 1. The quantitative estimate of drug-likeness (QED) is 0.108. The van der Waals surface area contributed by atoms with Crippen molar-refractivity contribution in [3.05, 3.63) is 46.5 Å². The van der Waals surface area contributed by atoms with E-state index in [0.717, 1.165) is 62.2 Å². The van der Waals surface area contributed by atoms with Crippen LogP contribution in [-0.2, 0) is 23.1 Å². The molecule has 7 aliphatic rings. The third-order valence-corrected chi connectivity index (χ3v) is 16.0. The number of aromatic hydroxyl groups is 3. The number of aryl methyl sites for hydroxylation is 1. The number of piperidine rings is 1. The van der Waals surface area contributed by atoms with Crippen molar-refractivity contribution in [3.63, 3.8) is 0 Å². The van der Waals surface area contributed by atoms with Gasteiger partial charge < -0.3 is 39.9 Å². The van der Waals surface area contributed by atoms with Gasteiger partial charge in [-0.05, 0) is 74.6 Å². The first-order chi connectivity index (χ1) is 25.0. The van der Waals surface area contributed by atoms with Crippen LogP contribution in [0.1, 0.15) is 100 Å². The van der Waals surface area contributed by atoms with Crippen LogP contribution in [0.4, 0.5) is 0 Å². The number of fused-ring (bicyclic) bond motifs is 4. The Bertz CT molecular complexity index is 1940. The molecule has 4 unspecified atom stereocenters. The summed E-state index contributed by atoms with van der Waals surface area (Å²) >= 11 is 0. The molecule has 5 aliphatic carbocycles. The predicted octanol–water partition coefficient (Wildman–Crippen LogP) is 4.06. The molecule has 286 valence electrons. The van der Waals surface area contributed by atoms with Crippen LogP contribution < -0.4 is 4.74 Å². The summed E-state index contributed by atoms with van der Waals surface area (Å²) in [6.07, 6.45) is 5.32. The number of carbonyl (C=O) groups excluding carboxylic acids is 1. The SMILES string of the molecule is CCc1ccc(O)c2c1C1[C@@H](O2)C(O)(C2C[C@@]3(O)[C@H]4Cc5ccc(O)c(O)c5[C@@]3(CC[N+]4(C)CC3CC3)[C@@H](C)C2=O)CC[C@@]1(O)C(C)=[N+](C)CC1CC1. The molecular formula is C43H58N2O8+2. The fourth-order valence-electron chi connectivity index (χ4n) is 12.7. The number of likely N-dealkylation sites (tertiary alicyclic amines) is 1. The number of aliphatic hydroxyl groups is 3. The van der Waals surface area contributed by atoms with Crippen molar-refractivity contribution in [3.8, 4) is 23.0 Å². The van der Waals surface area contributed by atoms with Gasteiger partial charge in [0, 0.05) is 54.1 Å². The zero-order valence-electron chi connectivity index (χ0n) is 31.9. The third kappa shape index (κ3) is 4.64. The summed E-state index contributed by atoms with van der Waals surface area (Å²) < 4.78 is 9.48. The van der Waals surface area contributed by atoms with E-state index in [1.807, 2.05) is 40.0 Å². The van der Waals surface area contributed by atoms with Gasteiger partial charge in [-0.15, -0.1) is 0 Å². The molecule has 2 heterocycles. The highest BCUT2D eigenvalue weighted by molar-refractivity contribution is 5.91. The summed E-state index contributed by atoms with van der Waals surface area (Å²) in [5, 5.41) is 73.7. The highest BCUT2D eigenvalue weighted by Crippen LogP contribution is 2.67. The molecule has 5 fully saturated rings. The molecule has 0 spiro atoms. The van der Waals surface area contributed by atoms with Crippen LogP contribution in [0.25, 0.3) is 0 Å². The van der Waals surface area contributed by atoms with Crippen molar-refractivity contribution in [2.45, 2.75) is 125 Å². The van der Waals surface area contributed by atoms with Crippen LogP contribution in [0.2, 0.25) is 0 Å². The van der Waals surface area contributed by atoms with Gasteiger partial charge in [0.1, 0.15) is 42.7 Å². The van der Waals surface area contributed by atoms with E-state index in [-0.39, 0.29) is 54.1 Å². The maximum atomic E-state index is 15.3. The molecule has 6 N–H and O–H groups in total. The van der Waals surface area contributed by atoms with E-state index < -0.39 is 46.1 Å². The highest BCUT2D eigenvalue weighted by Gasteiger charge is 2.77. The Labute approximate surface area is 312 Å². The number of ether oxygens (including phenoxy) is 1. The van der Waals surface area contributed by atoms with Crippen molar-refractivity contribution in [2.24, 2.45) is 23.7 Å². The molecule has 10 nitrogen and oxygen atoms in total. The number of nitrogens with zero attached hydrogens (tertiary/aromatic N) is 2. The number of hydrogen-bond acceptors (Lipinski definition) is 8. The number of phenolic OH excluding ortho intramolecular Hbond substituents is 3. The number of carbonyl (C=O) groups is 1. The van der Waals surface area contributed by atoms with Crippen molar-refractivity contribution in [1.29, 1.82) is 0 Å². The Hall–Kier alpha value is -3.18. The van der Waals surface area contributed by atoms with E-state index in [1.54, 1.807) is 6.07 Å². The fourth-order valence-corrected chi connectivity index (χ4v) is 12.7. The molecule has 0 amide bonds. The topological polar surface area (TPSA) is 151 Å².